The minimum Gasteiger partial charge on any atom is -0.497 e. The lowest BCUT2D eigenvalue weighted by Crippen LogP contribution is -2.48. The highest BCUT2D eigenvalue weighted by molar-refractivity contribution is 5.33. The van der Waals surface area contributed by atoms with Gasteiger partial charge in [0.1, 0.15) is 5.75 Å². The third-order valence-corrected chi connectivity index (χ3v) is 5.82. The molecule has 1 spiro atoms. The number of rotatable bonds is 4. The summed E-state index contributed by atoms with van der Waals surface area (Å²) < 4.78 is 17.2. The van der Waals surface area contributed by atoms with Crippen LogP contribution in [0.3, 0.4) is 0 Å². The monoisotopic (exact) mass is 318 g/mol. The van der Waals surface area contributed by atoms with Crippen LogP contribution in [0.5, 0.6) is 5.75 Å². The van der Waals surface area contributed by atoms with Crippen LogP contribution in [0, 0.1) is 11.8 Å². The van der Waals surface area contributed by atoms with E-state index in [0.29, 0.717) is 19.6 Å². The van der Waals surface area contributed by atoms with Gasteiger partial charge in [-0.2, -0.15) is 0 Å². The van der Waals surface area contributed by atoms with E-state index in [1.807, 2.05) is 24.3 Å². The van der Waals surface area contributed by atoms with Crippen molar-refractivity contribution in [1.29, 1.82) is 0 Å². The molecule has 1 heterocycles. The molecule has 2 unspecified atom stereocenters. The summed E-state index contributed by atoms with van der Waals surface area (Å²) in [4.78, 5) is 0. The molecule has 2 saturated carbocycles. The van der Waals surface area contributed by atoms with E-state index in [1.165, 1.54) is 12.8 Å². The zero-order chi connectivity index (χ0) is 15.9. The Morgan fingerprint density at radius 2 is 2.00 bits per heavy atom. The van der Waals surface area contributed by atoms with Crippen molar-refractivity contribution in [1.82, 2.24) is 0 Å². The fourth-order valence-electron chi connectivity index (χ4n) is 4.30. The molecule has 3 fully saturated rings. The zero-order valence-electron chi connectivity index (χ0n) is 13.8. The Balaban J connectivity index is 1.63. The molecule has 126 valence electrons. The lowest BCUT2D eigenvalue weighted by atomic mass is 9.67. The molecular formula is C19H26O4. The Kier molecular flexibility index (Phi) is 3.87. The average Bonchev–Trinajstić information content (AvgIpc) is 3.28. The Morgan fingerprint density at radius 1 is 1.22 bits per heavy atom. The van der Waals surface area contributed by atoms with Gasteiger partial charge >= 0.3 is 0 Å². The van der Waals surface area contributed by atoms with Gasteiger partial charge in [0.15, 0.2) is 5.79 Å². The summed E-state index contributed by atoms with van der Waals surface area (Å²) in [5.41, 5.74) is 0.160. The second kappa shape index (κ2) is 5.76. The summed E-state index contributed by atoms with van der Waals surface area (Å²) in [6.07, 6.45) is 5.86. The van der Waals surface area contributed by atoms with Crippen LogP contribution in [0.4, 0.5) is 0 Å². The molecule has 1 N–H and O–H groups in total. The van der Waals surface area contributed by atoms with Crippen molar-refractivity contribution in [2.45, 2.75) is 49.9 Å². The summed E-state index contributed by atoms with van der Waals surface area (Å²) in [5.74, 6) is 1.28. The molecular weight excluding hydrogens is 292 g/mol. The maximum Gasteiger partial charge on any atom is 0.169 e. The number of benzene rings is 1. The largest absolute Gasteiger partial charge is 0.497 e. The third kappa shape index (κ3) is 2.88. The van der Waals surface area contributed by atoms with Crippen molar-refractivity contribution in [3.8, 4) is 5.75 Å². The first-order valence-corrected chi connectivity index (χ1v) is 8.78. The van der Waals surface area contributed by atoms with Crippen molar-refractivity contribution in [3.63, 3.8) is 0 Å². The molecule has 0 aromatic heterocycles. The van der Waals surface area contributed by atoms with Crippen LogP contribution in [-0.2, 0) is 15.1 Å². The van der Waals surface area contributed by atoms with E-state index in [-0.39, 0.29) is 5.92 Å². The van der Waals surface area contributed by atoms with E-state index in [1.54, 1.807) is 7.11 Å². The first-order valence-electron chi connectivity index (χ1n) is 8.78. The average molecular weight is 318 g/mol. The smallest absolute Gasteiger partial charge is 0.169 e. The summed E-state index contributed by atoms with van der Waals surface area (Å²) >= 11 is 0. The number of methoxy groups -OCH3 is 1. The minimum absolute atomic E-state index is 0.175. The molecule has 0 amide bonds. The highest BCUT2D eigenvalue weighted by atomic mass is 16.7. The van der Waals surface area contributed by atoms with Crippen molar-refractivity contribution < 1.29 is 19.3 Å². The first-order chi connectivity index (χ1) is 11.1. The van der Waals surface area contributed by atoms with Gasteiger partial charge in [-0.1, -0.05) is 25.0 Å². The lowest BCUT2D eigenvalue weighted by molar-refractivity contribution is -0.226. The van der Waals surface area contributed by atoms with E-state index < -0.39 is 11.4 Å². The van der Waals surface area contributed by atoms with E-state index in [2.05, 4.69) is 0 Å². The SMILES string of the molecule is COc1cccc(C2(O)CCC3(CC2CC2CC2)OCCO3)c1. The summed E-state index contributed by atoms with van der Waals surface area (Å²) in [5, 5.41) is 11.6. The third-order valence-electron chi connectivity index (χ3n) is 5.82. The molecule has 1 aromatic rings. The van der Waals surface area contributed by atoms with Gasteiger partial charge in [0.05, 0.1) is 25.9 Å². The zero-order valence-corrected chi connectivity index (χ0v) is 13.8. The molecule has 0 radical (unpaired) electrons. The lowest BCUT2D eigenvalue weighted by Gasteiger charge is -2.47. The van der Waals surface area contributed by atoms with E-state index in [9.17, 15) is 5.11 Å². The molecule has 1 aliphatic heterocycles. The number of aliphatic hydroxyl groups is 1. The molecule has 1 aromatic carbocycles. The molecule has 4 rings (SSSR count). The van der Waals surface area contributed by atoms with Gasteiger partial charge in [-0.15, -0.1) is 0 Å². The van der Waals surface area contributed by atoms with Crippen LogP contribution < -0.4 is 4.74 Å². The van der Waals surface area contributed by atoms with Crippen molar-refractivity contribution in [2.75, 3.05) is 20.3 Å². The highest BCUT2D eigenvalue weighted by Crippen LogP contribution is 2.53. The second-order valence-electron chi connectivity index (χ2n) is 7.34. The second-order valence-corrected chi connectivity index (χ2v) is 7.34. The summed E-state index contributed by atoms with van der Waals surface area (Å²) in [6, 6.07) is 7.90. The Bertz CT molecular complexity index is 562. The van der Waals surface area contributed by atoms with Crippen LogP contribution in [0.25, 0.3) is 0 Å². The molecule has 1 saturated heterocycles. The van der Waals surface area contributed by atoms with Crippen LogP contribution in [0.1, 0.15) is 44.1 Å². The first kappa shape index (κ1) is 15.4. The van der Waals surface area contributed by atoms with Gasteiger partial charge in [0.25, 0.3) is 0 Å². The Morgan fingerprint density at radius 3 is 2.70 bits per heavy atom. The quantitative estimate of drug-likeness (QED) is 0.926. The van der Waals surface area contributed by atoms with Gasteiger partial charge in [-0.05, 0) is 42.4 Å². The maximum absolute atomic E-state index is 11.6. The topological polar surface area (TPSA) is 47.9 Å². The molecule has 2 atom stereocenters. The van der Waals surface area contributed by atoms with Gasteiger partial charge in [0.2, 0.25) is 0 Å². The highest BCUT2D eigenvalue weighted by Gasteiger charge is 2.53. The fraction of sp³-hybridized carbons (Fsp3) is 0.684. The normalized spacial score (nSPS) is 33.0. The molecule has 4 heteroatoms. The Hall–Kier alpha value is -1.10. The minimum atomic E-state index is -0.808. The van der Waals surface area contributed by atoms with Gasteiger partial charge in [0, 0.05) is 12.8 Å². The maximum atomic E-state index is 11.6. The molecule has 23 heavy (non-hydrogen) atoms. The van der Waals surface area contributed by atoms with E-state index in [0.717, 1.165) is 36.5 Å². The number of hydrogen-bond acceptors (Lipinski definition) is 4. The molecule has 4 nitrogen and oxygen atoms in total. The van der Waals surface area contributed by atoms with E-state index in [4.69, 9.17) is 14.2 Å². The summed E-state index contributed by atoms with van der Waals surface area (Å²) in [6.45, 7) is 1.35. The number of ether oxygens (including phenoxy) is 3. The van der Waals surface area contributed by atoms with Crippen molar-refractivity contribution >= 4 is 0 Å². The predicted molar refractivity (Wildman–Crippen MR) is 86.2 cm³/mol. The van der Waals surface area contributed by atoms with Crippen molar-refractivity contribution in [2.24, 2.45) is 11.8 Å². The van der Waals surface area contributed by atoms with Gasteiger partial charge in [-0.25, -0.2) is 0 Å². The fourth-order valence-corrected chi connectivity index (χ4v) is 4.30. The van der Waals surface area contributed by atoms with Crippen LogP contribution >= 0.6 is 0 Å². The van der Waals surface area contributed by atoms with Crippen LogP contribution in [0.2, 0.25) is 0 Å². The van der Waals surface area contributed by atoms with Crippen LogP contribution in [-0.4, -0.2) is 31.2 Å². The Labute approximate surface area is 137 Å². The molecule has 2 aliphatic carbocycles. The van der Waals surface area contributed by atoms with Crippen LogP contribution in [0.15, 0.2) is 24.3 Å². The standard InChI is InChI=1S/C19H26O4/c1-21-17-4-2-3-15(12-17)19(20)8-7-18(22-9-10-23-18)13-16(19)11-14-5-6-14/h2-4,12,14,16,20H,5-11,13H2,1H3. The van der Waals surface area contributed by atoms with E-state index >= 15 is 0 Å². The predicted octanol–water partition coefficient (Wildman–Crippen LogP) is 3.23. The van der Waals surface area contributed by atoms with Gasteiger partial charge < -0.3 is 19.3 Å². The number of hydrogen-bond donors (Lipinski definition) is 1. The molecule has 3 aliphatic rings. The van der Waals surface area contributed by atoms with Gasteiger partial charge in [-0.3, -0.25) is 0 Å². The van der Waals surface area contributed by atoms with Crippen molar-refractivity contribution in [3.05, 3.63) is 29.8 Å². The molecule has 0 bridgehead atoms. The summed E-state index contributed by atoms with van der Waals surface area (Å²) in [7, 11) is 1.67.